The molecule has 0 fully saturated rings. The van der Waals surface area contributed by atoms with Crippen LogP contribution in [-0.4, -0.2) is 19.2 Å². The highest BCUT2D eigenvalue weighted by molar-refractivity contribution is 5.78. The van der Waals surface area contributed by atoms with Gasteiger partial charge in [0.1, 0.15) is 5.75 Å². The van der Waals surface area contributed by atoms with Gasteiger partial charge in [0.05, 0.1) is 19.1 Å². The highest BCUT2D eigenvalue weighted by Gasteiger charge is 2.20. The van der Waals surface area contributed by atoms with Crippen LogP contribution in [0.2, 0.25) is 0 Å². The van der Waals surface area contributed by atoms with E-state index in [9.17, 15) is 4.79 Å². The smallest absolute Gasteiger partial charge is 0.313 e. The summed E-state index contributed by atoms with van der Waals surface area (Å²) in [4.78, 5) is 11.9. The zero-order valence-electron chi connectivity index (χ0n) is 12.1. The first-order valence-electron chi connectivity index (χ1n) is 7.12. The van der Waals surface area contributed by atoms with Crippen LogP contribution in [0.5, 0.6) is 5.75 Å². The number of hydrogen-bond donors (Lipinski definition) is 0. The molecule has 1 aromatic rings. The topological polar surface area (TPSA) is 35.5 Å². The van der Waals surface area contributed by atoms with E-state index >= 15 is 0 Å². The molecular weight excluding hydrogens is 240 g/mol. The van der Waals surface area contributed by atoms with Crippen molar-refractivity contribution in [2.45, 2.75) is 46.0 Å². The van der Waals surface area contributed by atoms with Gasteiger partial charge >= 0.3 is 5.97 Å². The van der Waals surface area contributed by atoms with Crippen LogP contribution in [-0.2, 0) is 9.53 Å². The van der Waals surface area contributed by atoms with Crippen LogP contribution in [0, 0.1) is 0 Å². The Morgan fingerprint density at radius 1 is 1.11 bits per heavy atom. The maximum atomic E-state index is 11.9. The quantitative estimate of drug-likeness (QED) is 0.667. The van der Waals surface area contributed by atoms with Crippen LogP contribution in [0.25, 0.3) is 0 Å². The highest BCUT2D eigenvalue weighted by atomic mass is 16.5. The van der Waals surface area contributed by atoms with Gasteiger partial charge in [-0.1, -0.05) is 32.4 Å². The molecule has 0 saturated heterocycles. The first-order valence-corrected chi connectivity index (χ1v) is 7.12. The van der Waals surface area contributed by atoms with Crippen molar-refractivity contribution >= 4 is 5.97 Å². The summed E-state index contributed by atoms with van der Waals surface area (Å²) in [6, 6.07) is 7.77. The van der Waals surface area contributed by atoms with Gasteiger partial charge in [0.15, 0.2) is 0 Å². The minimum Gasteiger partial charge on any atom is -0.494 e. The summed E-state index contributed by atoms with van der Waals surface area (Å²) in [5, 5.41) is 0. The van der Waals surface area contributed by atoms with Gasteiger partial charge in [0, 0.05) is 0 Å². The fourth-order valence-electron chi connectivity index (χ4n) is 1.97. The fraction of sp³-hybridized carbons (Fsp3) is 0.562. The molecule has 19 heavy (non-hydrogen) atoms. The molecule has 1 rings (SSSR count). The zero-order valence-corrected chi connectivity index (χ0v) is 12.1. The van der Waals surface area contributed by atoms with E-state index in [0.29, 0.717) is 6.61 Å². The monoisotopic (exact) mass is 264 g/mol. The maximum Gasteiger partial charge on any atom is 0.313 e. The number of benzene rings is 1. The fourth-order valence-corrected chi connectivity index (χ4v) is 1.97. The average molecular weight is 264 g/mol. The van der Waals surface area contributed by atoms with E-state index < -0.39 is 0 Å². The Kier molecular flexibility index (Phi) is 7.01. The van der Waals surface area contributed by atoms with Gasteiger partial charge in [-0.05, 0) is 37.5 Å². The lowest BCUT2D eigenvalue weighted by atomic mass is 9.94. The highest BCUT2D eigenvalue weighted by Crippen LogP contribution is 2.25. The molecule has 1 unspecified atom stereocenters. The largest absolute Gasteiger partial charge is 0.494 e. The summed E-state index contributed by atoms with van der Waals surface area (Å²) in [6.45, 7) is 7.13. The average Bonchev–Trinajstić information content (AvgIpc) is 2.43. The standard InChI is InChI=1S/C16H24O3/c1-4-7-15(16(17)18-6-3)13-8-10-14(11-9-13)19-12-5-2/h8-11,15H,4-7,12H2,1-3H3. The lowest BCUT2D eigenvalue weighted by Crippen LogP contribution is -2.15. The van der Waals surface area contributed by atoms with Crippen LogP contribution < -0.4 is 4.74 Å². The Bertz CT molecular complexity index is 370. The van der Waals surface area contributed by atoms with Gasteiger partial charge < -0.3 is 9.47 Å². The molecule has 0 aromatic heterocycles. The number of hydrogen-bond acceptors (Lipinski definition) is 3. The van der Waals surface area contributed by atoms with Crippen molar-refractivity contribution < 1.29 is 14.3 Å². The maximum absolute atomic E-state index is 11.9. The first-order chi connectivity index (χ1) is 9.22. The predicted molar refractivity (Wildman–Crippen MR) is 76.5 cm³/mol. The number of carbonyl (C=O) groups excluding carboxylic acids is 1. The van der Waals surface area contributed by atoms with Gasteiger partial charge in [-0.15, -0.1) is 0 Å². The second-order valence-corrected chi connectivity index (χ2v) is 4.51. The molecule has 0 aliphatic rings. The molecule has 0 amide bonds. The lowest BCUT2D eigenvalue weighted by Gasteiger charge is -2.15. The molecule has 1 aromatic carbocycles. The zero-order chi connectivity index (χ0) is 14.1. The van der Waals surface area contributed by atoms with E-state index in [2.05, 4.69) is 13.8 Å². The van der Waals surface area contributed by atoms with Crippen molar-refractivity contribution in [1.82, 2.24) is 0 Å². The molecule has 0 aliphatic carbocycles. The summed E-state index contributed by atoms with van der Waals surface area (Å²) >= 11 is 0. The van der Waals surface area contributed by atoms with Gasteiger partial charge in [0.25, 0.3) is 0 Å². The molecule has 0 N–H and O–H groups in total. The van der Waals surface area contributed by atoms with E-state index in [-0.39, 0.29) is 11.9 Å². The Balaban J connectivity index is 2.76. The van der Waals surface area contributed by atoms with Gasteiger partial charge in [-0.25, -0.2) is 0 Å². The van der Waals surface area contributed by atoms with Gasteiger partial charge in [-0.2, -0.15) is 0 Å². The van der Waals surface area contributed by atoms with Crippen LogP contribution in [0.3, 0.4) is 0 Å². The van der Waals surface area contributed by atoms with Crippen LogP contribution >= 0.6 is 0 Å². The van der Waals surface area contributed by atoms with Crippen molar-refractivity contribution in [3.8, 4) is 5.75 Å². The predicted octanol–water partition coefficient (Wildman–Crippen LogP) is 3.92. The molecular formula is C16H24O3. The molecule has 3 nitrogen and oxygen atoms in total. The van der Waals surface area contributed by atoms with Crippen molar-refractivity contribution in [2.24, 2.45) is 0 Å². The van der Waals surface area contributed by atoms with Crippen LogP contribution in [0.4, 0.5) is 0 Å². The van der Waals surface area contributed by atoms with Crippen LogP contribution in [0.1, 0.15) is 51.5 Å². The van der Waals surface area contributed by atoms with Crippen molar-refractivity contribution in [1.29, 1.82) is 0 Å². The summed E-state index contributed by atoms with van der Waals surface area (Å²) in [6.07, 6.45) is 2.76. The van der Waals surface area contributed by atoms with E-state index in [0.717, 1.165) is 37.2 Å². The molecule has 0 bridgehead atoms. The van der Waals surface area contributed by atoms with E-state index in [1.807, 2.05) is 31.2 Å². The Hall–Kier alpha value is -1.51. The van der Waals surface area contributed by atoms with E-state index in [4.69, 9.17) is 9.47 Å². The molecule has 0 saturated carbocycles. The third kappa shape index (κ3) is 4.93. The Morgan fingerprint density at radius 2 is 1.79 bits per heavy atom. The van der Waals surface area contributed by atoms with Gasteiger partial charge in [0.2, 0.25) is 0 Å². The van der Waals surface area contributed by atoms with Gasteiger partial charge in [-0.3, -0.25) is 4.79 Å². The second kappa shape index (κ2) is 8.57. The number of ether oxygens (including phenoxy) is 2. The Labute approximate surface area is 115 Å². The number of carbonyl (C=O) groups is 1. The minimum absolute atomic E-state index is 0.133. The van der Waals surface area contributed by atoms with E-state index in [1.165, 1.54) is 0 Å². The summed E-state index contributed by atoms with van der Waals surface area (Å²) in [7, 11) is 0. The number of esters is 1. The molecule has 0 heterocycles. The summed E-state index contributed by atoms with van der Waals surface area (Å²) in [5.74, 6) is 0.557. The van der Waals surface area contributed by atoms with Crippen molar-refractivity contribution in [2.75, 3.05) is 13.2 Å². The van der Waals surface area contributed by atoms with Crippen molar-refractivity contribution in [3.05, 3.63) is 29.8 Å². The normalized spacial score (nSPS) is 11.9. The molecule has 0 radical (unpaired) electrons. The second-order valence-electron chi connectivity index (χ2n) is 4.51. The summed E-state index contributed by atoms with van der Waals surface area (Å²) in [5.41, 5.74) is 1.00. The minimum atomic E-state index is -0.162. The number of rotatable bonds is 8. The lowest BCUT2D eigenvalue weighted by molar-refractivity contribution is -0.145. The van der Waals surface area contributed by atoms with Crippen LogP contribution in [0.15, 0.2) is 24.3 Å². The first kappa shape index (κ1) is 15.5. The van der Waals surface area contributed by atoms with Crippen molar-refractivity contribution in [3.63, 3.8) is 0 Å². The molecule has 106 valence electrons. The molecule has 3 heteroatoms. The summed E-state index contributed by atoms with van der Waals surface area (Å²) < 4.78 is 10.7. The molecule has 0 spiro atoms. The molecule has 1 atom stereocenters. The third-order valence-electron chi connectivity index (χ3n) is 2.90. The Morgan fingerprint density at radius 3 is 2.32 bits per heavy atom. The third-order valence-corrected chi connectivity index (χ3v) is 2.90. The molecule has 0 aliphatic heterocycles. The SMILES string of the molecule is CCCOc1ccc(C(CCC)C(=O)OCC)cc1. The van der Waals surface area contributed by atoms with E-state index in [1.54, 1.807) is 0 Å².